The number of amides is 1. The van der Waals surface area contributed by atoms with Crippen LogP contribution in [0.5, 0.6) is 0 Å². The molecule has 0 heterocycles. The van der Waals surface area contributed by atoms with Gasteiger partial charge in [0.2, 0.25) is 5.91 Å². The molecule has 0 aliphatic heterocycles. The molecule has 0 spiro atoms. The van der Waals surface area contributed by atoms with Gasteiger partial charge in [-0.05, 0) is 39.0 Å². The summed E-state index contributed by atoms with van der Waals surface area (Å²) in [5.41, 5.74) is 0. The minimum Gasteiger partial charge on any atom is -0.480 e. The van der Waals surface area contributed by atoms with E-state index in [1.165, 1.54) is 58.3 Å². The van der Waals surface area contributed by atoms with Gasteiger partial charge in [-0.25, -0.2) is 0 Å². The van der Waals surface area contributed by atoms with Crippen molar-refractivity contribution in [1.82, 2.24) is 5.32 Å². The van der Waals surface area contributed by atoms with Crippen molar-refractivity contribution >= 4 is 11.9 Å². The molecule has 0 fully saturated rings. The van der Waals surface area contributed by atoms with Gasteiger partial charge in [0.15, 0.2) is 0 Å². The average Bonchev–Trinajstić information content (AvgIpc) is 2.61. The monoisotopic (exact) mass is 354 g/mol. The Hall–Kier alpha value is -1.32. The van der Waals surface area contributed by atoms with Crippen LogP contribution in [0.3, 0.4) is 0 Å². The van der Waals surface area contributed by atoms with Crippen LogP contribution >= 0.6 is 0 Å². The zero-order valence-electron chi connectivity index (χ0n) is 17.1. The lowest BCUT2D eigenvalue weighted by molar-refractivity contribution is -0.141. The van der Waals surface area contributed by atoms with Crippen molar-refractivity contribution in [3.63, 3.8) is 0 Å². The number of allylic oxidation sites excluding steroid dienone is 2. The summed E-state index contributed by atoms with van der Waals surface area (Å²) >= 11 is 0. The molecule has 0 aliphatic carbocycles. The molecular weight excluding hydrogens is 314 g/mol. The van der Waals surface area contributed by atoms with Gasteiger partial charge in [0.05, 0.1) is 0 Å². The smallest absolute Gasteiger partial charge is 0.325 e. The summed E-state index contributed by atoms with van der Waals surface area (Å²) in [7, 11) is 0. The first kappa shape index (κ1) is 21.7. The first-order valence-corrected chi connectivity index (χ1v) is 10.0. The molecule has 0 saturated heterocycles. The Morgan fingerprint density at radius 1 is 0.920 bits per heavy atom. The van der Waals surface area contributed by atoms with Crippen LogP contribution in [0.4, 0.5) is 0 Å². The highest BCUT2D eigenvalue weighted by atomic mass is 16.4. The van der Waals surface area contributed by atoms with E-state index in [2.05, 4.69) is 17.5 Å². The first-order valence-electron chi connectivity index (χ1n) is 10.7. The summed E-state index contributed by atoms with van der Waals surface area (Å²) in [6.07, 6.45) is 20.1. The normalized spacial score (nSPS) is 12.9. The summed E-state index contributed by atoms with van der Waals surface area (Å²) in [5.74, 6) is -1.16. The van der Waals surface area contributed by atoms with Crippen LogP contribution in [0, 0.1) is 0 Å². The van der Waals surface area contributed by atoms with Crippen molar-refractivity contribution in [3.8, 4) is 0 Å². The molecule has 0 bridgehead atoms. The molecule has 0 aromatic carbocycles. The maximum atomic E-state index is 11.5. The van der Waals surface area contributed by atoms with E-state index in [1.54, 1.807) is 0 Å². The molecule has 146 valence electrons. The van der Waals surface area contributed by atoms with Crippen molar-refractivity contribution < 1.29 is 16.1 Å². The van der Waals surface area contributed by atoms with Crippen molar-refractivity contribution in [1.29, 1.82) is 0 Å². The Balaban J connectivity index is 3.28. The van der Waals surface area contributed by atoms with Crippen molar-refractivity contribution in [2.24, 2.45) is 0 Å². The number of carbonyl (C=O) groups is 2. The lowest BCUT2D eigenvalue weighted by Crippen LogP contribution is -2.38. The van der Waals surface area contributed by atoms with Crippen molar-refractivity contribution in [2.75, 3.05) is 0 Å². The fourth-order valence-electron chi connectivity index (χ4n) is 2.66. The van der Waals surface area contributed by atoms with Gasteiger partial charge in [-0.1, -0.05) is 70.4 Å². The van der Waals surface area contributed by atoms with Gasteiger partial charge in [-0.15, -0.1) is 0 Å². The Labute approximate surface area is 155 Å². The maximum absolute atomic E-state index is 11.5. The molecule has 25 heavy (non-hydrogen) atoms. The van der Waals surface area contributed by atoms with E-state index >= 15 is 0 Å². The van der Waals surface area contributed by atoms with Crippen molar-refractivity contribution in [3.05, 3.63) is 12.2 Å². The number of rotatable bonds is 17. The molecule has 1 atom stereocenters. The fourth-order valence-corrected chi connectivity index (χ4v) is 2.66. The molecule has 0 radical (unpaired) electrons. The SMILES string of the molecule is [2H]CCCCCCCC/C=C\CCCCCCCC(=O)N[C@@H](C)C(=O)O. The molecule has 0 rings (SSSR count). The molecule has 4 nitrogen and oxygen atoms in total. The Morgan fingerprint density at radius 3 is 2.00 bits per heavy atom. The highest BCUT2D eigenvalue weighted by Crippen LogP contribution is 2.10. The van der Waals surface area contributed by atoms with Gasteiger partial charge in [-0.2, -0.15) is 0 Å². The third kappa shape index (κ3) is 17.3. The van der Waals surface area contributed by atoms with Gasteiger partial charge >= 0.3 is 5.97 Å². The van der Waals surface area contributed by atoms with Gasteiger partial charge in [0, 0.05) is 7.79 Å². The quantitative estimate of drug-likeness (QED) is 0.263. The molecule has 1 amide bonds. The maximum Gasteiger partial charge on any atom is 0.325 e. The van der Waals surface area contributed by atoms with E-state index in [1.807, 2.05) is 0 Å². The summed E-state index contributed by atoms with van der Waals surface area (Å²) in [6, 6.07) is -0.803. The highest BCUT2D eigenvalue weighted by Gasteiger charge is 2.12. The van der Waals surface area contributed by atoms with Crippen LogP contribution < -0.4 is 5.32 Å². The molecule has 0 unspecified atom stereocenters. The summed E-state index contributed by atoms with van der Waals surface area (Å²) < 4.78 is 7.09. The van der Waals surface area contributed by atoms with Gasteiger partial charge < -0.3 is 10.4 Å². The van der Waals surface area contributed by atoms with E-state index in [4.69, 9.17) is 6.48 Å². The topological polar surface area (TPSA) is 66.4 Å². The Bertz CT molecular complexity index is 385. The van der Waals surface area contributed by atoms with E-state index in [0.29, 0.717) is 13.3 Å². The van der Waals surface area contributed by atoms with Crippen LogP contribution in [0.1, 0.15) is 105 Å². The summed E-state index contributed by atoms with van der Waals surface area (Å²) in [6.45, 7) is 2.05. The fraction of sp³-hybridized carbons (Fsp3) is 0.810. The second-order valence-corrected chi connectivity index (χ2v) is 6.82. The van der Waals surface area contributed by atoms with Crippen LogP contribution in [0.2, 0.25) is 0 Å². The van der Waals surface area contributed by atoms with Crippen LogP contribution in [0.25, 0.3) is 0 Å². The van der Waals surface area contributed by atoms with Gasteiger partial charge in [0.25, 0.3) is 0 Å². The molecule has 2 N–H and O–H groups in total. The van der Waals surface area contributed by atoms with E-state index in [0.717, 1.165) is 32.1 Å². The van der Waals surface area contributed by atoms with E-state index < -0.39 is 12.0 Å². The van der Waals surface area contributed by atoms with Crippen molar-refractivity contribution in [2.45, 2.75) is 110 Å². The van der Waals surface area contributed by atoms with Crippen LogP contribution in [0.15, 0.2) is 12.2 Å². The minimum atomic E-state index is -0.994. The van der Waals surface area contributed by atoms with Crippen LogP contribution in [-0.4, -0.2) is 23.0 Å². The van der Waals surface area contributed by atoms with E-state index in [9.17, 15) is 9.59 Å². The number of carbonyl (C=O) groups excluding carboxylic acids is 1. The standard InChI is InChI=1S/C21H39NO3/c1-3-4-5-6-7-8-9-10-11-12-13-14-15-16-17-18-20(23)22-19(2)21(24)25/h10-11,19H,3-9,12-18H2,1-2H3,(H,22,23)(H,24,25)/b11-10-/t19-/m0/s1/i1D. The average molecular weight is 355 g/mol. The molecule has 0 aliphatic rings. The lowest BCUT2D eigenvalue weighted by Gasteiger charge is -2.08. The molecule has 0 aromatic heterocycles. The third-order valence-corrected chi connectivity index (χ3v) is 4.31. The highest BCUT2D eigenvalue weighted by molar-refractivity contribution is 5.83. The number of hydrogen-bond donors (Lipinski definition) is 2. The van der Waals surface area contributed by atoms with E-state index in [-0.39, 0.29) is 5.91 Å². The third-order valence-electron chi connectivity index (χ3n) is 4.31. The van der Waals surface area contributed by atoms with Gasteiger partial charge in [0.1, 0.15) is 6.04 Å². The van der Waals surface area contributed by atoms with Gasteiger partial charge in [-0.3, -0.25) is 9.59 Å². The number of carboxylic acid groups (broad SMARTS) is 1. The molecule has 0 aromatic rings. The number of aliphatic carboxylic acids is 1. The molecule has 4 heteroatoms. The van der Waals surface area contributed by atoms with Crippen LogP contribution in [-0.2, 0) is 9.59 Å². The molecule has 0 saturated carbocycles. The largest absolute Gasteiger partial charge is 0.480 e. The Morgan fingerprint density at radius 2 is 1.44 bits per heavy atom. The predicted octanol–water partition coefficient (Wildman–Crippen LogP) is 5.61. The first-order chi connectivity index (χ1) is 12.6. The number of nitrogens with one attached hydrogen (secondary N) is 1. The Kier molecular flexibility index (Phi) is 15.2. The number of hydrogen-bond acceptors (Lipinski definition) is 2. The predicted molar refractivity (Wildman–Crippen MR) is 105 cm³/mol. The molecular formula is C21H39NO3. The lowest BCUT2D eigenvalue weighted by atomic mass is 10.1. The summed E-state index contributed by atoms with van der Waals surface area (Å²) in [4.78, 5) is 22.1. The zero-order valence-corrected chi connectivity index (χ0v) is 16.1. The number of carboxylic acids is 1. The minimum absolute atomic E-state index is 0.167. The number of unbranched alkanes of at least 4 members (excludes halogenated alkanes) is 11. The zero-order chi connectivity index (χ0) is 19.5. The summed E-state index contributed by atoms with van der Waals surface area (Å²) in [5, 5.41) is 11.2. The second kappa shape index (κ2) is 17.5. The second-order valence-electron chi connectivity index (χ2n) is 6.82.